The van der Waals surface area contributed by atoms with Crippen LogP contribution in [0.2, 0.25) is 0 Å². The van der Waals surface area contributed by atoms with Crippen LogP contribution in [0.25, 0.3) is 5.57 Å². The Bertz CT molecular complexity index is 681. The summed E-state index contributed by atoms with van der Waals surface area (Å²) in [4.78, 5) is 12.1. The number of hydrogen-bond acceptors (Lipinski definition) is 3. The molecule has 112 valence electrons. The van der Waals surface area contributed by atoms with Crippen molar-refractivity contribution in [2.24, 2.45) is 0 Å². The lowest BCUT2D eigenvalue weighted by molar-refractivity contribution is -0.115. The highest BCUT2D eigenvalue weighted by molar-refractivity contribution is 6.03. The van der Waals surface area contributed by atoms with Crippen molar-refractivity contribution in [3.63, 3.8) is 0 Å². The molecule has 0 spiro atoms. The standard InChI is InChI=1S/C18H18N2O2/c1-13(12-19)22-14(2)18(21)20-17-11-7-6-10-16(17)15-8-4-3-5-9-15/h6-8,10-11H,1-5,9H2,(H,20,21). The third-order valence-corrected chi connectivity index (χ3v) is 3.44. The fourth-order valence-corrected chi connectivity index (χ4v) is 2.36. The predicted molar refractivity (Wildman–Crippen MR) is 86.5 cm³/mol. The van der Waals surface area contributed by atoms with Gasteiger partial charge in [0.1, 0.15) is 6.07 Å². The topological polar surface area (TPSA) is 62.1 Å². The maximum Gasteiger partial charge on any atom is 0.290 e. The van der Waals surface area contributed by atoms with Gasteiger partial charge in [0.2, 0.25) is 0 Å². The maximum atomic E-state index is 12.1. The molecule has 0 aromatic heterocycles. The molecule has 1 N–H and O–H groups in total. The molecule has 2 rings (SSSR count). The molecular formula is C18H18N2O2. The number of nitriles is 1. The van der Waals surface area contributed by atoms with Crippen LogP contribution < -0.4 is 5.32 Å². The highest BCUT2D eigenvalue weighted by Gasteiger charge is 2.15. The number of para-hydroxylation sites is 1. The number of benzene rings is 1. The SMILES string of the molecule is C=C(C#N)OC(=C)C(=O)Nc1ccccc1C1=CCCCC1. The molecule has 0 bridgehead atoms. The lowest BCUT2D eigenvalue weighted by Gasteiger charge is -2.17. The first-order valence-electron chi connectivity index (χ1n) is 7.17. The van der Waals surface area contributed by atoms with Gasteiger partial charge in [-0.1, -0.05) is 30.9 Å². The van der Waals surface area contributed by atoms with E-state index in [4.69, 9.17) is 10.00 Å². The number of anilines is 1. The van der Waals surface area contributed by atoms with Crippen LogP contribution in [0.3, 0.4) is 0 Å². The number of carbonyl (C=O) groups is 1. The molecule has 0 atom stereocenters. The van der Waals surface area contributed by atoms with Crippen molar-refractivity contribution in [1.29, 1.82) is 5.26 Å². The first-order valence-corrected chi connectivity index (χ1v) is 7.17. The van der Waals surface area contributed by atoms with E-state index >= 15 is 0 Å². The lowest BCUT2D eigenvalue weighted by atomic mass is 9.92. The van der Waals surface area contributed by atoms with Crippen molar-refractivity contribution in [3.8, 4) is 6.07 Å². The summed E-state index contributed by atoms with van der Waals surface area (Å²) in [7, 11) is 0. The smallest absolute Gasteiger partial charge is 0.290 e. The van der Waals surface area contributed by atoms with E-state index in [9.17, 15) is 4.79 Å². The Balaban J connectivity index is 2.15. The number of ether oxygens (including phenoxy) is 1. The van der Waals surface area contributed by atoms with E-state index in [0.717, 1.165) is 24.8 Å². The molecule has 1 aliphatic carbocycles. The minimum absolute atomic E-state index is 0.154. The summed E-state index contributed by atoms with van der Waals surface area (Å²) in [5.74, 6) is -0.803. The van der Waals surface area contributed by atoms with Gasteiger partial charge in [-0.2, -0.15) is 5.26 Å². The summed E-state index contributed by atoms with van der Waals surface area (Å²) in [5, 5.41) is 11.4. The van der Waals surface area contributed by atoms with Crippen LogP contribution in [-0.2, 0) is 9.53 Å². The van der Waals surface area contributed by atoms with Crippen LogP contribution in [0.4, 0.5) is 5.69 Å². The van der Waals surface area contributed by atoms with Crippen molar-refractivity contribution in [1.82, 2.24) is 0 Å². The summed E-state index contributed by atoms with van der Waals surface area (Å²) in [6.45, 7) is 6.88. The van der Waals surface area contributed by atoms with E-state index in [2.05, 4.69) is 24.6 Å². The van der Waals surface area contributed by atoms with Crippen LogP contribution in [0, 0.1) is 11.3 Å². The fourth-order valence-electron chi connectivity index (χ4n) is 2.36. The quantitative estimate of drug-likeness (QED) is 0.504. The average molecular weight is 294 g/mol. The van der Waals surface area contributed by atoms with E-state index in [1.807, 2.05) is 24.3 Å². The zero-order valence-corrected chi connectivity index (χ0v) is 12.4. The van der Waals surface area contributed by atoms with Gasteiger partial charge in [-0.05, 0) is 43.9 Å². The average Bonchev–Trinajstić information content (AvgIpc) is 2.56. The summed E-state index contributed by atoms with van der Waals surface area (Å²) in [5.41, 5.74) is 2.98. The van der Waals surface area contributed by atoms with Crippen molar-refractivity contribution >= 4 is 17.2 Å². The minimum Gasteiger partial charge on any atom is -0.442 e. The Morgan fingerprint density at radius 2 is 2.05 bits per heavy atom. The molecule has 0 radical (unpaired) electrons. The highest BCUT2D eigenvalue weighted by atomic mass is 16.5. The van der Waals surface area contributed by atoms with Crippen molar-refractivity contribution in [2.45, 2.75) is 25.7 Å². The minimum atomic E-state index is -0.486. The van der Waals surface area contributed by atoms with Crippen LogP contribution >= 0.6 is 0 Å². The fraction of sp³-hybridized carbons (Fsp3) is 0.222. The Labute approximate surface area is 130 Å². The largest absolute Gasteiger partial charge is 0.442 e. The van der Waals surface area contributed by atoms with E-state index < -0.39 is 5.91 Å². The second kappa shape index (κ2) is 7.28. The number of amides is 1. The van der Waals surface area contributed by atoms with Gasteiger partial charge in [0.05, 0.1) is 0 Å². The molecule has 4 nitrogen and oxygen atoms in total. The van der Waals surface area contributed by atoms with Crippen LogP contribution in [0.5, 0.6) is 0 Å². The normalized spacial score (nSPS) is 13.5. The molecule has 1 aromatic rings. The molecule has 22 heavy (non-hydrogen) atoms. The summed E-state index contributed by atoms with van der Waals surface area (Å²) in [6.07, 6.45) is 6.66. The Hall–Kier alpha value is -2.80. The summed E-state index contributed by atoms with van der Waals surface area (Å²) >= 11 is 0. The van der Waals surface area contributed by atoms with Crippen molar-refractivity contribution < 1.29 is 9.53 Å². The van der Waals surface area contributed by atoms with Gasteiger partial charge in [-0.3, -0.25) is 4.79 Å². The molecule has 0 heterocycles. The number of nitrogens with one attached hydrogen (secondary N) is 1. The number of nitrogens with zero attached hydrogens (tertiary/aromatic N) is 1. The lowest BCUT2D eigenvalue weighted by Crippen LogP contribution is -2.16. The molecule has 0 fully saturated rings. The molecule has 1 amide bonds. The number of carbonyl (C=O) groups excluding carboxylic acids is 1. The maximum absolute atomic E-state index is 12.1. The van der Waals surface area contributed by atoms with Gasteiger partial charge in [-0.15, -0.1) is 0 Å². The summed E-state index contributed by atoms with van der Waals surface area (Å²) in [6, 6.07) is 9.35. The monoisotopic (exact) mass is 294 g/mol. The van der Waals surface area contributed by atoms with Crippen LogP contribution in [0.15, 0.2) is 55.0 Å². The van der Waals surface area contributed by atoms with Gasteiger partial charge >= 0.3 is 0 Å². The van der Waals surface area contributed by atoms with Crippen LogP contribution in [0.1, 0.15) is 31.2 Å². The van der Waals surface area contributed by atoms with E-state index in [-0.39, 0.29) is 11.5 Å². The molecule has 0 saturated carbocycles. The Morgan fingerprint density at radius 1 is 1.27 bits per heavy atom. The second-order valence-electron chi connectivity index (χ2n) is 5.04. The molecule has 0 saturated heterocycles. The zero-order valence-electron chi connectivity index (χ0n) is 12.4. The first kappa shape index (κ1) is 15.6. The van der Waals surface area contributed by atoms with Gasteiger partial charge < -0.3 is 10.1 Å². The van der Waals surface area contributed by atoms with Gasteiger partial charge in [0, 0.05) is 11.3 Å². The van der Waals surface area contributed by atoms with Crippen molar-refractivity contribution in [2.75, 3.05) is 5.32 Å². The van der Waals surface area contributed by atoms with Gasteiger partial charge in [0.15, 0.2) is 11.5 Å². The molecule has 0 aliphatic heterocycles. The Morgan fingerprint density at radius 3 is 2.73 bits per heavy atom. The third kappa shape index (κ3) is 3.86. The predicted octanol–water partition coefficient (Wildman–Crippen LogP) is 4.15. The molecular weight excluding hydrogens is 276 g/mol. The number of rotatable bonds is 5. The Kier molecular flexibility index (Phi) is 5.16. The molecule has 1 aromatic carbocycles. The number of allylic oxidation sites excluding steroid dienone is 3. The molecule has 1 aliphatic rings. The second-order valence-corrected chi connectivity index (χ2v) is 5.04. The summed E-state index contributed by atoms with van der Waals surface area (Å²) < 4.78 is 4.94. The van der Waals surface area contributed by atoms with Crippen LogP contribution in [-0.4, -0.2) is 5.91 Å². The van der Waals surface area contributed by atoms with E-state index in [0.29, 0.717) is 5.69 Å². The molecule has 4 heteroatoms. The van der Waals surface area contributed by atoms with Gasteiger partial charge in [-0.25, -0.2) is 0 Å². The van der Waals surface area contributed by atoms with Crippen molar-refractivity contribution in [3.05, 3.63) is 60.6 Å². The third-order valence-electron chi connectivity index (χ3n) is 3.44. The molecule has 0 unspecified atom stereocenters. The zero-order chi connectivity index (χ0) is 15.9. The highest BCUT2D eigenvalue weighted by Crippen LogP contribution is 2.31. The number of hydrogen-bond donors (Lipinski definition) is 1. The van der Waals surface area contributed by atoms with E-state index in [1.165, 1.54) is 12.0 Å². The van der Waals surface area contributed by atoms with Gasteiger partial charge in [0.25, 0.3) is 5.91 Å². The van der Waals surface area contributed by atoms with E-state index in [1.54, 1.807) is 6.07 Å². The first-order chi connectivity index (χ1) is 10.6.